The van der Waals surface area contributed by atoms with Gasteiger partial charge in [0.1, 0.15) is 0 Å². The maximum Gasteiger partial charge on any atom is 0.260 e. The number of rotatable bonds is 8. The normalized spacial score (nSPS) is 20.2. The molecule has 1 amide bonds. The first kappa shape index (κ1) is 26.5. The van der Waals surface area contributed by atoms with Gasteiger partial charge in [-0.05, 0) is 68.5 Å². The van der Waals surface area contributed by atoms with Crippen molar-refractivity contribution in [3.05, 3.63) is 52.5 Å². The highest BCUT2D eigenvalue weighted by molar-refractivity contribution is 7.89. The maximum absolute atomic E-state index is 13.7. The number of thiazole rings is 1. The number of nitrogens with zero attached hydrogens (tertiary/aromatic N) is 3. The summed E-state index contributed by atoms with van der Waals surface area (Å²) in [6, 6.07) is 9.83. The predicted molar refractivity (Wildman–Crippen MR) is 145 cm³/mol. The van der Waals surface area contributed by atoms with Crippen LogP contribution in [0.5, 0.6) is 0 Å². The summed E-state index contributed by atoms with van der Waals surface area (Å²) in [5, 5.41) is 1.13. The molecule has 5 rings (SSSR count). The van der Waals surface area contributed by atoms with Crippen LogP contribution < -0.4 is 4.90 Å². The Morgan fingerprint density at radius 2 is 1.70 bits per heavy atom. The van der Waals surface area contributed by atoms with Gasteiger partial charge in [-0.3, -0.25) is 9.69 Å². The number of ether oxygens (including phenoxy) is 2. The van der Waals surface area contributed by atoms with Gasteiger partial charge in [0.05, 0.1) is 38.9 Å². The Hall–Kier alpha value is -2.08. The monoisotopic (exact) mass is 563 g/mol. The highest BCUT2D eigenvalue weighted by atomic mass is 35.5. The van der Waals surface area contributed by atoms with E-state index < -0.39 is 10.0 Å². The van der Waals surface area contributed by atoms with Gasteiger partial charge < -0.3 is 9.47 Å². The number of carbonyl (C=O) groups excluding carboxylic acids is 1. The highest BCUT2D eigenvalue weighted by Crippen LogP contribution is 2.36. The zero-order valence-corrected chi connectivity index (χ0v) is 23.2. The number of benzene rings is 2. The number of sulfonamides is 1. The fourth-order valence-electron chi connectivity index (χ4n) is 4.72. The van der Waals surface area contributed by atoms with Gasteiger partial charge in [-0.25, -0.2) is 13.4 Å². The maximum atomic E-state index is 13.7. The summed E-state index contributed by atoms with van der Waals surface area (Å²) in [4.78, 5) is 20.3. The number of likely N-dealkylation sites (N-methyl/N-ethyl adjacent to an activating group) is 1. The molecule has 2 aliphatic rings. The van der Waals surface area contributed by atoms with Crippen molar-refractivity contribution in [3.8, 4) is 0 Å². The van der Waals surface area contributed by atoms with Gasteiger partial charge in [-0.1, -0.05) is 29.0 Å². The molecule has 0 aliphatic carbocycles. The Balaban J connectivity index is 1.41. The minimum absolute atomic E-state index is 0.0846. The highest BCUT2D eigenvalue weighted by Gasteiger charge is 2.29. The quantitative estimate of drug-likeness (QED) is 0.388. The first-order valence-corrected chi connectivity index (χ1v) is 15.0. The number of hydrogen-bond acceptors (Lipinski definition) is 7. The standard InChI is InChI=1S/C26H30ClN3O5S2/c1-17-7-12-22(27)24-23(17)28-26(36-24)30(16-20-6-4-14-35-20)25(31)18-8-10-21(11-9-18)37(32,33)29(2)15-19-5-3-13-34-19/h7-12,19-20H,3-6,13-16H2,1-2H3. The Morgan fingerprint density at radius 3 is 2.30 bits per heavy atom. The number of aryl methyl sites for hydroxylation is 1. The largest absolute Gasteiger partial charge is 0.377 e. The van der Waals surface area contributed by atoms with Crippen LogP contribution in [0.1, 0.15) is 41.6 Å². The zero-order chi connectivity index (χ0) is 26.2. The molecule has 3 heterocycles. The molecule has 37 heavy (non-hydrogen) atoms. The van der Waals surface area contributed by atoms with Crippen LogP contribution in [0.15, 0.2) is 41.3 Å². The molecule has 2 aromatic carbocycles. The van der Waals surface area contributed by atoms with Crippen molar-refractivity contribution in [3.63, 3.8) is 0 Å². The third kappa shape index (κ3) is 5.55. The number of anilines is 1. The van der Waals surface area contributed by atoms with Gasteiger partial charge in [0.2, 0.25) is 10.0 Å². The molecule has 0 spiro atoms. The van der Waals surface area contributed by atoms with E-state index in [1.807, 2.05) is 19.1 Å². The minimum Gasteiger partial charge on any atom is -0.377 e. The van der Waals surface area contributed by atoms with E-state index in [2.05, 4.69) is 0 Å². The predicted octanol–water partition coefficient (Wildman–Crippen LogP) is 4.88. The second-order valence-electron chi connectivity index (χ2n) is 9.53. The van der Waals surface area contributed by atoms with Crippen LogP contribution >= 0.6 is 22.9 Å². The average Bonchev–Trinajstić information content (AvgIpc) is 3.67. The van der Waals surface area contributed by atoms with Crippen molar-refractivity contribution in [2.45, 2.75) is 49.7 Å². The molecule has 0 saturated carbocycles. The Kier molecular flexibility index (Phi) is 7.86. The summed E-state index contributed by atoms with van der Waals surface area (Å²) in [7, 11) is -2.15. The lowest BCUT2D eigenvalue weighted by Crippen LogP contribution is -2.37. The summed E-state index contributed by atoms with van der Waals surface area (Å²) in [6.07, 6.45) is 3.44. The second-order valence-corrected chi connectivity index (χ2v) is 13.0. The SMILES string of the molecule is Cc1ccc(Cl)c2sc(N(CC3CCCO3)C(=O)c3ccc(S(=O)(=O)N(C)CC4CCCO4)cc3)nc12. The summed E-state index contributed by atoms with van der Waals surface area (Å²) in [6.45, 7) is 3.96. The summed E-state index contributed by atoms with van der Waals surface area (Å²) in [5.41, 5.74) is 2.13. The van der Waals surface area contributed by atoms with E-state index in [4.69, 9.17) is 26.1 Å². The Labute approximate surface area is 226 Å². The van der Waals surface area contributed by atoms with E-state index >= 15 is 0 Å². The van der Waals surface area contributed by atoms with E-state index in [-0.39, 0.29) is 23.0 Å². The molecule has 1 aromatic heterocycles. The summed E-state index contributed by atoms with van der Waals surface area (Å²) >= 11 is 7.80. The van der Waals surface area contributed by atoms with E-state index in [0.717, 1.165) is 41.5 Å². The molecule has 0 bridgehead atoms. The van der Waals surface area contributed by atoms with Crippen molar-refractivity contribution in [2.75, 3.05) is 38.3 Å². The fraction of sp³-hybridized carbons (Fsp3) is 0.462. The lowest BCUT2D eigenvalue weighted by Gasteiger charge is -2.23. The van der Waals surface area contributed by atoms with Crippen LogP contribution in [0.25, 0.3) is 10.2 Å². The molecule has 2 fully saturated rings. The van der Waals surface area contributed by atoms with Crippen molar-refractivity contribution < 1.29 is 22.7 Å². The van der Waals surface area contributed by atoms with Gasteiger partial charge in [0.25, 0.3) is 5.91 Å². The number of aromatic nitrogens is 1. The van der Waals surface area contributed by atoms with Crippen LogP contribution in [0.4, 0.5) is 5.13 Å². The topological polar surface area (TPSA) is 89.0 Å². The lowest BCUT2D eigenvalue weighted by atomic mass is 10.2. The van der Waals surface area contributed by atoms with Crippen molar-refractivity contribution in [1.29, 1.82) is 0 Å². The minimum atomic E-state index is -3.70. The molecule has 2 atom stereocenters. The molecule has 8 nitrogen and oxygen atoms in total. The number of amides is 1. The Bertz CT molecular complexity index is 1340. The number of hydrogen-bond donors (Lipinski definition) is 0. The van der Waals surface area contributed by atoms with Gasteiger partial charge in [0, 0.05) is 32.4 Å². The average molecular weight is 564 g/mol. The molecule has 11 heteroatoms. The van der Waals surface area contributed by atoms with Crippen LogP contribution in [0.3, 0.4) is 0 Å². The summed E-state index contributed by atoms with van der Waals surface area (Å²) in [5.74, 6) is -0.264. The third-order valence-corrected chi connectivity index (χ3v) is 10.2. The zero-order valence-electron chi connectivity index (χ0n) is 20.9. The number of fused-ring (bicyclic) bond motifs is 1. The van der Waals surface area contributed by atoms with Gasteiger partial charge in [0.15, 0.2) is 5.13 Å². The first-order chi connectivity index (χ1) is 17.7. The van der Waals surface area contributed by atoms with E-state index in [1.165, 1.54) is 27.8 Å². The van der Waals surface area contributed by atoms with Gasteiger partial charge in [-0.15, -0.1) is 0 Å². The van der Waals surface area contributed by atoms with Gasteiger partial charge >= 0.3 is 0 Å². The van der Waals surface area contributed by atoms with Crippen LogP contribution in [0, 0.1) is 6.92 Å². The lowest BCUT2D eigenvalue weighted by molar-refractivity contribution is 0.0917. The molecule has 0 N–H and O–H groups in total. The molecule has 2 saturated heterocycles. The molecule has 198 valence electrons. The molecular weight excluding hydrogens is 534 g/mol. The summed E-state index contributed by atoms with van der Waals surface area (Å²) < 4.78 is 39.7. The molecular formula is C26H30ClN3O5S2. The molecule has 2 aliphatic heterocycles. The first-order valence-electron chi connectivity index (χ1n) is 12.4. The second kappa shape index (κ2) is 11.0. The molecule has 3 aromatic rings. The van der Waals surface area contributed by atoms with E-state index in [9.17, 15) is 13.2 Å². The van der Waals surface area contributed by atoms with Crippen molar-refractivity contribution in [1.82, 2.24) is 9.29 Å². The van der Waals surface area contributed by atoms with E-state index in [0.29, 0.717) is 42.0 Å². The smallest absolute Gasteiger partial charge is 0.260 e. The van der Waals surface area contributed by atoms with Crippen molar-refractivity contribution >= 4 is 54.2 Å². The molecule has 2 unspecified atom stereocenters. The van der Waals surface area contributed by atoms with Crippen molar-refractivity contribution in [2.24, 2.45) is 0 Å². The van der Waals surface area contributed by atoms with Gasteiger partial charge in [-0.2, -0.15) is 4.31 Å². The molecule has 0 radical (unpaired) electrons. The van der Waals surface area contributed by atoms with Crippen LogP contribution in [0.2, 0.25) is 5.02 Å². The Morgan fingerprint density at radius 1 is 1.05 bits per heavy atom. The van der Waals surface area contributed by atoms with Crippen LogP contribution in [-0.4, -0.2) is 69.2 Å². The fourth-order valence-corrected chi connectivity index (χ4v) is 7.25. The van der Waals surface area contributed by atoms with E-state index in [1.54, 1.807) is 24.1 Å². The van der Waals surface area contributed by atoms with Crippen LogP contribution in [-0.2, 0) is 19.5 Å². The third-order valence-electron chi connectivity index (χ3n) is 6.87. The number of halogens is 1. The number of carbonyl (C=O) groups is 1.